The van der Waals surface area contributed by atoms with Gasteiger partial charge < -0.3 is 29.4 Å². The van der Waals surface area contributed by atoms with Crippen LogP contribution in [0.5, 0.6) is 0 Å². The summed E-state index contributed by atoms with van der Waals surface area (Å²) in [5.41, 5.74) is 0.436. The van der Waals surface area contributed by atoms with Gasteiger partial charge in [-0.05, 0) is 56.7 Å². The number of hydrogen-bond acceptors (Lipinski definition) is 5. The number of H-pyrrole nitrogens is 1. The van der Waals surface area contributed by atoms with Crippen molar-refractivity contribution in [3.63, 3.8) is 0 Å². The first-order chi connectivity index (χ1) is 16.0. The van der Waals surface area contributed by atoms with Crippen LogP contribution in [0.4, 0.5) is 18.9 Å². The van der Waals surface area contributed by atoms with Gasteiger partial charge in [-0.1, -0.05) is 6.07 Å². The number of amides is 1. The number of aryl methyl sites for hydroxylation is 1. The molecule has 3 N–H and O–H groups in total. The number of carbonyl (C=O) groups is 1. The summed E-state index contributed by atoms with van der Waals surface area (Å²) < 4.78 is 46.3. The van der Waals surface area contributed by atoms with Crippen molar-refractivity contribution < 1.29 is 32.9 Å². The molecule has 8 nitrogen and oxygen atoms in total. The lowest BCUT2D eigenvalue weighted by molar-refractivity contribution is -0.137. The van der Waals surface area contributed by atoms with Crippen LogP contribution in [0.1, 0.15) is 36.2 Å². The summed E-state index contributed by atoms with van der Waals surface area (Å²) in [7, 11) is 0. The van der Waals surface area contributed by atoms with Gasteiger partial charge in [-0.3, -0.25) is 4.79 Å². The Morgan fingerprint density at radius 3 is 2.68 bits per heavy atom. The van der Waals surface area contributed by atoms with Gasteiger partial charge in [0.1, 0.15) is 0 Å². The Hall–Kier alpha value is -3.15. The number of carbonyl (C=O) groups excluding carboxylic acids is 1. The molecule has 1 unspecified atom stereocenters. The number of benzene rings is 2. The molecule has 1 aliphatic rings. The Bertz CT molecular complexity index is 1280. The van der Waals surface area contributed by atoms with Crippen LogP contribution in [0.2, 0.25) is 0 Å². The Morgan fingerprint density at radius 1 is 1.26 bits per heavy atom. The summed E-state index contributed by atoms with van der Waals surface area (Å²) in [6, 6.07) is 9.43. The van der Waals surface area contributed by atoms with Crippen molar-refractivity contribution in [1.82, 2.24) is 9.55 Å². The number of hydrogen-bond donors (Lipinski definition) is 3. The molecular formula is C23H25F3N4O4. The molecule has 1 atom stereocenters. The van der Waals surface area contributed by atoms with E-state index in [1.165, 1.54) is 6.07 Å². The largest absolute Gasteiger partial charge is 0.416 e. The molecule has 1 amide bonds. The van der Waals surface area contributed by atoms with Gasteiger partial charge in [-0.15, -0.1) is 0 Å². The zero-order chi connectivity index (χ0) is 24.7. The Kier molecular flexibility index (Phi) is 6.28. The first-order valence-corrected chi connectivity index (χ1v) is 10.7. The lowest BCUT2D eigenvalue weighted by Crippen LogP contribution is -2.30. The van der Waals surface area contributed by atoms with E-state index in [1.54, 1.807) is 27.7 Å². The zero-order valence-electron chi connectivity index (χ0n) is 18.6. The van der Waals surface area contributed by atoms with Crippen LogP contribution in [-0.4, -0.2) is 50.8 Å². The number of nitrogens with one attached hydrogen (secondary N) is 1. The number of fused-ring (bicyclic) bond motifs is 1. The van der Waals surface area contributed by atoms with Gasteiger partial charge >= 0.3 is 6.18 Å². The van der Waals surface area contributed by atoms with E-state index in [2.05, 4.69) is 9.98 Å². The molecule has 0 saturated carbocycles. The topological polar surface area (TPSA) is 103 Å². The monoisotopic (exact) mass is 478 g/mol. The summed E-state index contributed by atoms with van der Waals surface area (Å²) in [5, 5.41) is 19.6. The van der Waals surface area contributed by atoms with E-state index in [0.29, 0.717) is 36.2 Å². The van der Waals surface area contributed by atoms with Crippen molar-refractivity contribution in [1.29, 1.82) is 0 Å². The molecule has 1 aromatic heterocycles. The minimum atomic E-state index is -4.58. The number of alkyl halides is 3. The van der Waals surface area contributed by atoms with Crippen LogP contribution < -0.4 is 10.5 Å². The van der Waals surface area contributed by atoms with Crippen LogP contribution in [0.15, 0.2) is 47.5 Å². The highest BCUT2D eigenvalue weighted by molar-refractivity contribution is 5.95. The number of imidazole rings is 1. The molecule has 1 saturated heterocycles. The average molecular weight is 478 g/mol. The highest BCUT2D eigenvalue weighted by atomic mass is 19.4. The highest BCUT2D eigenvalue weighted by Crippen LogP contribution is 2.31. The van der Waals surface area contributed by atoms with Gasteiger partial charge in [0.25, 0.3) is 5.91 Å². The van der Waals surface area contributed by atoms with Crippen LogP contribution in [0.3, 0.4) is 0 Å². The Morgan fingerprint density at radius 2 is 2.03 bits per heavy atom. The van der Waals surface area contributed by atoms with Crippen LogP contribution in [-0.2, 0) is 17.5 Å². The number of aromatic amines is 1. The van der Waals surface area contributed by atoms with Crippen LogP contribution >= 0.6 is 0 Å². The molecule has 0 radical (unpaired) electrons. The molecule has 11 heteroatoms. The van der Waals surface area contributed by atoms with Crippen LogP contribution in [0.25, 0.3) is 11.0 Å². The highest BCUT2D eigenvalue weighted by Gasteiger charge is 2.37. The quantitative estimate of drug-likeness (QED) is 0.523. The lowest BCUT2D eigenvalue weighted by atomic mass is 10.1. The van der Waals surface area contributed by atoms with Crippen molar-refractivity contribution in [2.45, 2.75) is 45.0 Å². The fraction of sp³-hybridized carbons (Fsp3) is 0.391. The maximum Gasteiger partial charge on any atom is 0.416 e. The minimum absolute atomic E-state index is 0.0921. The summed E-state index contributed by atoms with van der Waals surface area (Å²) in [4.78, 5) is 21.5. The SMILES string of the molecule is CC1(C)CN(c2ccc3c(c2)[nH]/c(=N\C(=O)c2cccc(C(F)(F)F)c2)n3CCCO)C(O)O1. The first kappa shape index (κ1) is 24.0. The number of nitrogens with zero attached hydrogens (tertiary/aromatic N) is 3. The molecule has 1 fully saturated rings. The molecule has 34 heavy (non-hydrogen) atoms. The standard InChI is InChI=1S/C23H25F3N4O4/c1-22(2)13-30(21(33)34-22)16-7-8-18-17(12-16)27-20(29(18)9-4-10-31)28-19(32)14-5-3-6-15(11-14)23(24,25)26/h3,5-8,11-12,21,31,33H,4,9-10,13H2,1-2H3,(H,27,28,32). The van der Waals surface area contributed by atoms with E-state index in [9.17, 15) is 28.2 Å². The number of anilines is 1. The van der Waals surface area contributed by atoms with Crippen molar-refractivity contribution in [2.75, 3.05) is 18.1 Å². The van der Waals surface area contributed by atoms with E-state index < -0.39 is 29.7 Å². The number of aliphatic hydroxyl groups excluding tert-OH is 2. The molecule has 1 aliphatic heterocycles. The normalized spacial score (nSPS) is 18.7. The number of halogens is 3. The predicted octanol–water partition coefficient (Wildman–Crippen LogP) is 3.00. The van der Waals surface area contributed by atoms with Gasteiger partial charge in [0.15, 0.2) is 0 Å². The molecule has 2 aromatic carbocycles. The second kappa shape index (κ2) is 8.90. The van der Waals surface area contributed by atoms with Gasteiger partial charge in [-0.2, -0.15) is 18.2 Å². The summed E-state index contributed by atoms with van der Waals surface area (Å²) >= 11 is 0. The van der Waals surface area contributed by atoms with Crippen molar-refractivity contribution in [2.24, 2.45) is 4.99 Å². The third kappa shape index (κ3) is 4.86. The van der Waals surface area contributed by atoms with Crippen LogP contribution in [0, 0.1) is 0 Å². The van der Waals surface area contributed by atoms with E-state index in [-0.39, 0.29) is 17.8 Å². The van der Waals surface area contributed by atoms with Gasteiger partial charge in [-0.25, -0.2) is 0 Å². The Balaban J connectivity index is 1.75. The maximum absolute atomic E-state index is 13.0. The fourth-order valence-corrected chi connectivity index (χ4v) is 3.97. The summed E-state index contributed by atoms with van der Waals surface area (Å²) in [5.74, 6) is -0.833. The molecule has 2 heterocycles. The Labute approximate surface area is 192 Å². The van der Waals surface area contributed by atoms with Gasteiger partial charge in [0.2, 0.25) is 12.0 Å². The number of aliphatic hydroxyl groups is 2. The van der Waals surface area contributed by atoms with Crippen molar-refractivity contribution in [3.8, 4) is 0 Å². The second-order valence-corrected chi connectivity index (χ2v) is 8.71. The number of rotatable bonds is 5. The fourth-order valence-electron chi connectivity index (χ4n) is 3.97. The van der Waals surface area contributed by atoms with Crippen molar-refractivity contribution >= 4 is 22.6 Å². The van der Waals surface area contributed by atoms with Crippen molar-refractivity contribution in [3.05, 3.63) is 59.2 Å². The second-order valence-electron chi connectivity index (χ2n) is 8.71. The van der Waals surface area contributed by atoms with E-state index >= 15 is 0 Å². The lowest BCUT2D eigenvalue weighted by Gasteiger charge is -2.20. The number of aromatic nitrogens is 2. The molecule has 4 rings (SSSR count). The van der Waals surface area contributed by atoms with E-state index in [0.717, 1.165) is 18.2 Å². The number of ether oxygens (including phenoxy) is 1. The zero-order valence-corrected chi connectivity index (χ0v) is 18.6. The summed E-state index contributed by atoms with van der Waals surface area (Å²) in [6.45, 7) is 4.42. The molecule has 0 spiro atoms. The third-order valence-corrected chi connectivity index (χ3v) is 5.53. The molecule has 3 aromatic rings. The molecule has 0 bridgehead atoms. The predicted molar refractivity (Wildman–Crippen MR) is 118 cm³/mol. The minimum Gasteiger partial charge on any atom is -0.396 e. The molecular weight excluding hydrogens is 453 g/mol. The molecule has 182 valence electrons. The third-order valence-electron chi connectivity index (χ3n) is 5.53. The molecule has 0 aliphatic carbocycles. The smallest absolute Gasteiger partial charge is 0.396 e. The van der Waals surface area contributed by atoms with E-state index in [4.69, 9.17) is 4.74 Å². The van der Waals surface area contributed by atoms with E-state index in [1.807, 2.05) is 13.8 Å². The van der Waals surface area contributed by atoms with Gasteiger partial charge in [0.05, 0.1) is 28.7 Å². The summed E-state index contributed by atoms with van der Waals surface area (Å²) in [6.07, 6.45) is -5.31. The first-order valence-electron chi connectivity index (χ1n) is 10.7. The van der Waals surface area contributed by atoms with Gasteiger partial charge in [0, 0.05) is 24.4 Å². The maximum atomic E-state index is 13.0. The average Bonchev–Trinajstić information content (AvgIpc) is 3.25.